The number of allylic oxidation sites excluding steroid dienone is 1. The number of carboxylic acid groups (broad SMARTS) is 1. The van der Waals surface area contributed by atoms with Crippen LogP contribution in [0.5, 0.6) is 0 Å². The van der Waals surface area contributed by atoms with Gasteiger partial charge in [-0.25, -0.2) is 18.0 Å². The van der Waals surface area contributed by atoms with E-state index in [0.29, 0.717) is 6.42 Å². The average Bonchev–Trinajstić information content (AvgIpc) is 2.28. The molecule has 2 N–H and O–H groups in total. The Morgan fingerprint density at radius 3 is 2.58 bits per heavy atom. The van der Waals surface area contributed by atoms with Gasteiger partial charge in [0.1, 0.15) is 12.1 Å². The minimum Gasteiger partial charge on any atom is -0.479 e. The lowest BCUT2D eigenvalue weighted by Crippen LogP contribution is -2.55. The van der Waals surface area contributed by atoms with Crippen LogP contribution < -0.4 is 5.32 Å². The quantitative estimate of drug-likeness (QED) is 0.706. The summed E-state index contributed by atoms with van der Waals surface area (Å²) in [4.78, 5) is 22.7. The van der Waals surface area contributed by atoms with Crippen LogP contribution in [0.1, 0.15) is 19.3 Å². The Bertz CT molecular complexity index is 483. The van der Waals surface area contributed by atoms with Gasteiger partial charge in [-0.15, -0.1) is 0 Å². The Labute approximate surface area is 111 Å². The molecule has 1 aliphatic carbocycles. The first-order valence-corrected chi connectivity index (χ1v) is 7.82. The van der Waals surface area contributed by atoms with E-state index >= 15 is 0 Å². The second-order valence-electron chi connectivity index (χ2n) is 4.49. The van der Waals surface area contributed by atoms with Crippen molar-refractivity contribution in [1.29, 1.82) is 0 Å². The molecule has 0 heterocycles. The van der Waals surface area contributed by atoms with E-state index in [4.69, 9.17) is 0 Å². The van der Waals surface area contributed by atoms with Gasteiger partial charge in [0.15, 0.2) is 9.84 Å². The summed E-state index contributed by atoms with van der Waals surface area (Å²) in [6.07, 6.45) is 4.66. The number of alkyl carbamates (subject to hydrolysis) is 1. The third-order valence-corrected chi connectivity index (χ3v) is 3.72. The summed E-state index contributed by atoms with van der Waals surface area (Å²) in [5.41, 5.74) is -1.36. The molecule has 1 rings (SSSR count). The number of carbonyl (C=O) groups is 2. The zero-order valence-electron chi connectivity index (χ0n) is 10.6. The molecule has 0 fully saturated rings. The lowest BCUT2D eigenvalue weighted by atomic mass is 9.86. The van der Waals surface area contributed by atoms with Crippen LogP contribution in [-0.4, -0.2) is 49.7 Å². The van der Waals surface area contributed by atoms with Crippen molar-refractivity contribution in [3.63, 3.8) is 0 Å². The molecule has 1 aliphatic rings. The number of hydrogen-bond donors (Lipinski definition) is 2. The fraction of sp³-hybridized carbons (Fsp3) is 0.636. The second-order valence-corrected chi connectivity index (χ2v) is 6.75. The zero-order chi connectivity index (χ0) is 14.5. The topological polar surface area (TPSA) is 110 Å². The number of ether oxygens (including phenoxy) is 1. The third kappa shape index (κ3) is 4.90. The molecule has 108 valence electrons. The largest absolute Gasteiger partial charge is 0.479 e. The Balaban J connectivity index is 2.54. The number of aliphatic carboxylic acids is 1. The molecule has 0 aromatic carbocycles. The molecule has 7 nitrogen and oxygen atoms in total. The zero-order valence-corrected chi connectivity index (χ0v) is 11.4. The van der Waals surface area contributed by atoms with E-state index in [1.807, 2.05) is 6.08 Å². The first-order valence-electron chi connectivity index (χ1n) is 5.76. The molecule has 0 aliphatic heterocycles. The Morgan fingerprint density at radius 2 is 2.11 bits per heavy atom. The van der Waals surface area contributed by atoms with E-state index in [1.165, 1.54) is 0 Å². The number of amides is 1. The van der Waals surface area contributed by atoms with Gasteiger partial charge in [0.2, 0.25) is 0 Å². The van der Waals surface area contributed by atoms with E-state index in [1.54, 1.807) is 6.08 Å². The van der Waals surface area contributed by atoms with Crippen molar-refractivity contribution in [1.82, 2.24) is 5.32 Å². The molecule has 0 aromatic heterocycles. The van der Waals surface area contributed by atoms with Crippen molar-refractivity contribution in [3.8, 4) is 0 Å². The van der Waals surface area contributed by atoms with Crippen molar-refractivity contribution in [3.05, 3.63) is 12.2 Å². The van der Waals surface area contributed by atoms with Gasteiger partial charge in [-0.1, -0.05) is 12.2 Å². The average molecular weight is 291 g/mol. The predicted octanol–water partition coefficient (Wildman–Crippen LogP) is 0.321. The standard InChI is InChI=1S/C11H17NO6S/c1-19(16,17)8-7-18-10(15)12-11(9(13)14)5-3-2-4-6-11/h2-3H,4-8H2,1H3,(H,12,15)(H,13,14). The van der Waals surface area contributed by atoms with E-state index < -0.39 is 27.4 Å². The van der Waals surface area contributed by atoms with Crippen LogP contribution in [0.2, 0.25) is 0 Å². The number of carbonyl (C=O) groups excluding carboxylic acids is 1. The number of nitrogens with one attached hydrogen (secondary N) is 1. The molecule has 19 heavy (non-hydrogen) atoms. The monoisotopic (exact) mass is 291 g/mol. The van der Waals surface area contributed by atoms with Crippen molar-refractivity contribution in [2.75, 3.05) is 18.6 Å². The summed E-state index contributed by atoms with van der Waals surface area (Å²) in [5.74, 6) is -1.42. The predicted molar refractivity (Wildman–Crippen MR) is 67.6 cm³/mol. The van der Waals surface area contributed by atoms with E-state index in [-0.39, 0.29) is 25.2 Å². The van der Waals surface area contributed by atoms with Crippen molar-refractivity contribution < 1.29 is 27.9 Å². The molecule has 0 bridgehead atoms. The highest BCUT2D eigenvalue weighted by atomic mass is 32.2. The first kappa shape index (κ1) is 15.5. The van der Waals surface area contributed by atoms with Crippen LogP contribution in [0.25, 0.3) is 0 Å². The van der Waals surface area contributed by atoms with Crippen molar-refractivity contribution in [2.24, 2.45) is 0 Å². The maximum Gasteiger partial charge on any atom is 0.408 e. The Kier molecular flexibility index (Phi) is 4.93. The van der Waals surface area contributed by atoms with Crippen LogP contribution in [-0.2, 0) is 19.4 Å². The molecule has 0 aromatic rings. The number of carboxylic acids is 1. The molecule has 1 amide bonds. The van der Waals surface area contributed by atoms with Gasteiger partial charge in [0, 0.05) is 6.26 Å². The maximum absolute atomic E-state index is 11.5. The molecule has 8 heteroatoms. The first-order chi connectivity index (χ1) is 8.75. The molecular weight excluding hydrogens is 274 g/mol. The number of sulfone groups is 1. The highest BCUT2D eigenvalue weighted by Crippen LogP contribution is 2.24. The lowest BCUT2D eigenvalue weighted by Gasteiger charge is -2.30. The van der Waals surface area contributed by atoms with Gasteiger partial charge in [-0.3, -0.25) is 0 Å². The highest BCUT2D eigenvalue weighted by Gasteiger charge is 2.40. The Morgan fingerprint density at radius 1 is 1.42 bits per heavy atom. The normalized spacial score (nSPS) is 22.8. The third-order valence-electron chi connectivity index (χ3n) is 2.81. The minimum absolute atomic E-state index is 0.184. The van der Waals surface area contributed by atoms with Gasteiger partial charge in [-0.05, 0) is 19.3 Å². The van der Waals surface area contributed by atoms with Crippen LogP contribution in [0.3, 0.4) is 0 Å². The van der Waals surface area contributed by atoms with Gasteiger partial charge in [0.05, 0.1) is 5.75 Å². The highest BCUT2D eigenvalue weighted by molar-refractivity contribution is 7.90. The summed E-state index contributed by atoms with van der Waals surface area (Å²) in [6, 6.07) is 0. The summed E-state index contributed by atoms with van der Waals surface area (Å²) in [7, 11) is -3.22. The van der Waals surface area contributed by atoms with E-state index in [2.05, 4.69) is 10.1 Å². The second kappa shape index (κ2) is 6.05. The molecule has 0 saturated carbocycles. The summed E-state index contributed by atoms with van der Waals surface area (Å²) in [6.45, 7) is -0.295. The molecular formula is C11H17NO6S. The summed E-state index contributed by atoms with van der Waals surface area (Å²) >= 11 is 0. The van der Waals surface area contributed by atoms with Crippen LogP contribution in [0, 0.1) is 0 Å². The molecule has 1 unspecified atom stereocenters. The van der Waals surface area contributed by atoms with Crippen molar-refractivity contribution >= 4 is 21.9 Å². The van der Waals surface area contributed by atoms with Gasteiger partial charge in [0.25, 0.3) is 0 Å². The SMILES string of the molecule is CS(=O)(=O)CCOC(=O)NC1(C(=O)O)CC=CCC1. The smallest absolute Gasteiger partial charge is 0.408 e. The molecule has 0 saturated heterocycles. The lowest BCUT2D eigenvalue weighted by molar-refractivity contribution is -0.145. The van der Waals surface area contributed by atoms with E-state index in [9.17, 15) is 23.1 Å². The van der Waals surface area contributed by atoms with Gasteiger partial charge in [-0.2, -0.15) is 0 Å². The van der Waals surface area contributed by atoms with Crippen LogP contribution >= 0.6 is 0 Å². The minimum atomic E-state index is -3.22. The van der Waals surface area contributed by atoms with Gasteiger partial charge >= 0.3 is 12.1 Å². The van der Waals surface area contributed by atoms with E-state index in [0.717, 1.165) is 6.26 Å². The fourth-order valence-electron chi connectivity index (χ4n) is 1.71. The summed E-state index contributed by atoms with van der Waals surface area (Å²) < 4.78 is 26.4. The number of hydrogen-bond acceptors (Lipinski definition) is 5. The van der Waals surface area contributed by atoms with Crippen LogP contribution in [0.4, 0.5) is 4.79 Å². The maximum atomic E-state index is 11.5. The fourth-order valence-corrected chi connectivity index (χ4v) is 2.10. The number of rotatable bonds is 5. The molecule has 1 atom stereocenters. The van der Waals surface area contributed by atoms with Gasteiger partial charge < -0.3 is 15.2 Å². The summed E-state index contributed by atoms with van der Waals surface area (Å²) in [5, 5.41) is 11.5. The molecule has 0 spiro atoms. The van der Waals surface area contributed by atoms with Crippen LogP contribution in [0.15, 0.2) is 12.2 Å². The Hall–Kier alpha value is -1.57. The molecule has 0 radical (unpaired) electrons. The van der Waals surface area contributed by atoms with Crippen molar-refractivity contribution in [2.45, 2.75) is 24.8 Å².